The van der Waals surface area contributed by atoms with Crippen molar-refractivity contribution in [3.05, 3.63) is 54.0 Å². The van der Waals surface area contributed by atoms with Crippen molar-refractivity contribution < 1.29 is 9.21 Å². The summed E-state index contributed by atoms with van der Waals surface area (Å²) in [6.07, 6.45) is 3.51. The molecule has 1 aromatic heterocycles. The first-order valence-electron chi connectivity index (χ1n) is 8.28. The highest BCUT2D eigenvalue weighted by Gasteiger charge is 2.34. The van der Waals surface area contributed by atoms with Gasteiger partial charge >= 0.3 is 0 Å². The maximum atomic E-state index is 12.5. The number of guanidine groups is 1. The number of furan rings is 1. The number of benzene rings is 1. The maximum absolute atomic E-state index is 12.5. The molecular weight excluding hydrogens is 302 g/mol. The summed E-state index contributed by atoms with van der Waals surface area (Å²) in [7, 11) is 1.98. The van der Waals surface area contributed by atoms with Crippen LogP contribution in [0.2, 0.25) is 0 Å². The van der Waals surface area contributed by atoms with E-state index in [1.54, 1.807) is 11.2 Å². The SMILES string of the molecule is Cc1ccc(N2C(=O)C(C)N=C2N(C)CCCc2ccco2)cc1. The number of hydrogen-bond acceptors (Lipinski definition) is 4. The Kier molecular flexibility index (Phi) is 4.69. The van der Waals surface area contributed by atoms with E-state index in [0.717, 1.165) is 36.8 Å². The van der Waals surface area contributed by atoms with E-state index in [4.69, 9.17) is 4.42 Å². The topological polar surface area (TPSA) is 49.1 Å². The van der Waals surface area contributed by atoms with Crippen LogP contribution in [-0.2, 0) is 11.2 Å². The Morgan fingerprint density at radius 1 is 1.25 bits per heavy atom. The highest BCUT2D eigenvalue weighted by atomic mass is 16.3. The molecule has 5 nitrogen and oxygen atoms in total. The van der Waals surface area contributed by atoms with Gasteiger partial charge in [-0.15, -0.1) is 0 Å². The van der Waals surface area contributed by atoms with E-state index >= 15 is 0 Å². The van der Waals surface area contributed by atoms with Crippen molar-refractivity contribution in [3.63, 3.8) is 0 Å². The first-order valence-corrected chi connectivity index (χ1v) is 8.28. The number of amides is 1. The molecule has 0 saturated heterocycles. The zero-order valence-electron chi connectivity index (χ0n) is 14.4. The number of carbonyl (C=O) groups excluding carboxylic acids is 1. The fourth-order valence-electron chi connectivity index (χ4n) is 2.82. The van der Waals surface area contributed by atoms with Crippen LogP contribution in [0.3, 0.4) is 0 Å². The van der Waals surface area contributed by atoms with Gasteiger partial charge in [-0.1, -0.05) is 17.7 Å². The third-order valence-electron chi connectivity index (χ3n) is 4.22. The standard InChI is InChI=1S/C19H23N3O2/c1-14-8-10-16(11-9-14)22-18(23)15(2)20-19(22)21(3)12-4-6-17-7-5-13-24-17/h5,7-11,13,15H,4,6,12H2,1-3H3. The van der Waals surface area contributed by atoms with Crippen molar-refractivity contribution in [3.8, 4) is 0 Å². The van der Waals surface area contributed by atoms with Crippen LogP contribution in [0.5, 0.6) is 0 Å². The maximum Gasteiger partial charge on any atom is 0.258 e. The minimum atomic E-state index is -0.339. The molecule has 1 aliphatic rings. The average Bonchev–Trinajstić information content (AvgIpc) is 3.18. The Morgan fingerprint density at radius 2 is 2.00 bits per heavy atom. The molecule has 1 atom stereocenters. The van der Waals surface area contributed by atoms with Gasteiger partial charge in [-0.2, -0.15) is 0 Å². The summed E-state index contributed by atoms with van der Waals surface area (Å²) < 4.78 is 5.36. The van der Waals surface area contributed by atoms with Crippen LogP contribution in [0.1, 0.15) is 24.7 Å². The van der Waals surface area contributed by atoms with Gasteiger partial charge in [0, 0.05) is 20.0 Å². The number of hydrogen-bond donors (Lipinski definition) is 0. The van der Waals surface area contributed by atoms with Crippen LogP contribution in [0, 0.1) is 6.92 Å². The summed E-state index contributed by atoms with van der Waals surface area (Å²) >= 11 is 0. The van der Waals surface area contributed by atoms with Gasteiger partial charge in [0.25, 0.3) is 5.91 Å². The molecular formula is C19H23N3O2. The van der Waals surface area contributed by atoms with Crippen molar-refractivity contribution >= 4 is 17.6 Å². The molecule has 5 heteroatoms. The minimum Gasteiger partial charge on any atom is -0.469 e. The molecule has 0 aliphatic carbocycles. The molecule has 2 aromatic rings. The molecule has 0 spiro atoms. The van der Waals surface area contributed by atoms with E-state index in [0.29, 0.717) is 0 Å². The first-order chi connectivity index (χ1) is 11.6. The molecule has 0 N–H and O–H groups in total. The largest absolute Gasteiger partial charge is 0.469 e. The summed E-state index contributed by atoms with van der Waals surface area (Å²) in [5, 5.41) is 0. The van der Waals surface area contributed by atoms with Crippen LogP contribution >= 0.6 is 0 Å². The molecule has 1 aliphatic heterocycles. The molecule has 0 bridgehead atoms. The lowest BCUT2D eigenvalue weighted by Gasteiger charge is -2.26. The quantitative estimate of drug-likeness (QED) is 0.848. The van der Waals surface area contributed by atoms with Crippen LogP contribution in [0.4, 0.5) is 5.69 Å². The Balaban J connectivity index is 1.70. The Bertz CT molecular complexity index is 720. The molecule has 1 amide bonds. The normalized spacial score (nSPS) is 17.3. The zero-order valence-corrected chi connectivity index (χ0v) is 14.4. The van der Waals surface area contributed by atoms with E-state index in [2.05, 4.69) is 4.99 Å². The van der Waals surface area contributed by atoms with Crippen molar-refractivity contribution in [2.45, 2.75) is 32.7 Å². The van der Waals surface area contributed by atoms with Gasteiger partial charge in [0.05, 0.1) is 12.0 Å². The molecule has 0 fully saturated rings. The predicted octanol–water partition coefficient (Wildman–Crippen LogP) is 3.24. The number of anilines is 1. The van der Waals surface area contributed by atoms with Crippen molar-refractivity contribution in [2.24, 2.45) is 4.99 Å². The predicted molar refractivity (Wildman–Crippen MR) is 95.2 cm³/mol. The Labute approximate surface area is 142 Å². The molecule has 2 heterocycles. The van der Waals surface area contributed by atoms with E-state index in [1.165, 1.54) is 5.56 Å². The van der Waals surface area contributed by atoms with Crippen LogP contribution < -0.4 is 4.90 Å². The number of rotatable bonds is 5. The number of aryl methyl sites for hydroxylation is 2. The fraction of sp³-hybridized carbons (Fsp3) is 0.368. The summed E-state index contributed by atoms with van der Waals surface area (Å²) in [6.45, 7) is 4.68. The third kappa shape index (κ3) is 3.35. The van der Waals surface area contributed by atoms with Crippen molar-refractivity contribution in [1.82, 2.24) is 4.90 Å². The second kappa shape index (κ2) is 6.91. The highest BCUT2D eigenvalue weighted by Crippen LogP contribution is 2.23. The number of carbonyl (C=O) groups is 1. The molecule has 24 heavy (non-hydrogen) atoms. The zero-order chi connectivity index (χ0) is 17.1. The smallest absolute Gasteiger partial charge is 0.258 e. The first kappa shape index (κ1) is 16.3. The monoisotopic (exact) mass is 325 g/mol. The molecule has 0 saturated carbocycles. The Morgan fingerprint density at radius 3 is 2.67 bits per heavy atom. The molecule has 1 aromatic carbocycles. The minimum absolute atomic E-state index is 0.0201. The summed E-state index contributed by atoms with van der Waals surface area (Å²) in [4.78, 5) is 20.9. The molecule has 1 unspecified atom stereocenters. The van der Waals surface area contributed by atoms with E-state index in [-0.39, 0.29) is 11.9 Å². The lowest BCUT2D eigenvalue weighted by atomic mass is 10.2. The summed E-state index contributed by atoms with van der Waals surface area (Å²) in [5.74, 6) is 1.72. The van der Waals surface area contributed by atoms with Gasteiger partial charge < -0.3 is 9.32 Å². The lowest BCUT2D eigenvalue weighted by molar-refractivity contribution is -0.117. The Hall–Kier alpha value is -2.56. The summed E-state index contributed by atoms with van der Waals surface area (Å²) in [6, 6.07) is 11.5. The van der Waals surface area contributed by atoms with Crippen LogP contribution in [-0.4, -0.2) is 36.4 Å². The number of aliphatic imine (C=N–C) groups is 1. The van der Waals surface area contributed by atoms with Crippen LogP contribution in [0.25, 0.3) is 0 Å². The highest BCUT2D eigenvalue weighted by molar-refractivity contribution is 6.21. The fourth-order valence-corrected chi connectivity index (χ4v) is 2.82. The van der Waals surface area contributed by atoms with E-state index in [1.807, 2.05) is 62.2 Å². The van der Waals surface area contributed by atoms with E-state index in [9.17, 15) is 4.79 Å². The van der Waals surface area contributed by atoms with Gasteiger partial charge in [0.1, 0.15) is 11.8 Å². The number of nitrogens with zero attached hydrogens (tertiary/aromatic N) is 3. The van der Waals surface area contributed by atoms with Gasteiger partial charge in [-0.3, -0.25) is 4.79 Å². The van der Waals surface area contributed by atoms with Gasteiger partial charge in [-0.25, -0.2) is 9.89 Å². The average molecular weight is 325 g/mol. The lowest BCUT2D eigenvalue weighted by Crippen LogP contribution is -2.43. The van der Waals surface area contributed by atoms with Gasteiger partial charge in [0.2, 0.25) is 5.96 Å². The molecule has 0 radical (unpaired) electrons. The van der Waals surface area contributed by atoms with Crippen molar-refractivity contribution in [1.29, 1.82) is 0 Å². The third-order valence-corrected chi connectivity index (χ3v) is 4.22. The molecule has 3 rings (SSSR count). The van der Waals surface area contributed by atoms with Gasteiger partial charge in [-0.05, 0) is 44.5 Å². The van der Waals surface area contributed by atoms with Crippen molar-refractivity contribution in [2.75, 3.05) is 18.5 Å². The van der Waals surface area contributed by atoms with Crippen LogP contribution in [0.15, 0.2) is 52.1 Å². The van der Waals surface area contributed by atoms with Gasteiger partial charge in [0.15, 0.2) is 0 Å². The van der Waals surface area contributed by atoms with E-state index < -0.39 is 0 Å². The molecule has 126 valence electrons. The second-order valence-electron chi connectivity index (χ2n) is 6.22. The summed E-state index contributed by atoms with van der Waals surface area (Å²) in [5.41, 5.74) is 2.04. The second-order valence-corrected chi connectivity index (χ2v) is 6.22.